The molecule has 1 aromatic heterocycles. The van der Waals surface area contributed by atoms with Crippen LogP contribution in [0.5, 0.6) is 0 Å². The van der Waals surface area contributed by atoms with Gasteiger partial charge in [0.05, 0.1) is 6.54 Å². The number of hydrogen-bond acceptors (Lipinski definition) is 6. The number of amides is 2. The Morgan fingerprint density at radius 3 is 2.28 bits per heavy atom. The minimum Gasteiger partial charge on any atom is -0.352 e. The Bertz CT molecular complexity index is 894. The van der Waals surface area contributed by atoms with Gasteiger partial charge in [0.25, 0.3) is 0 Å². The Kier molecular flexibility index (Phi) is 7.26. The number of aromatic nitrogens is 2. The quantitative estimate of drug-likeness (QED) is 0.729. The molecule has 0 aliphatic carbocycles. The predicted molar refractivity (Wildman–Crippen MR) is 118 cm³/mol. The van der Waals surface area contributed by atoms with E-state index in [1.807, 2.05) is 4.90 Å². The third-order valence-corrected chi connectivity index (χ3v) is 6.16. The number of nitrogens with zero attached hydrogens (tertiary/aromatic N) is 5. The van der Waals surface area contributed by atoms with E-state index in [1.54, 1.807) is 30.6 Å². The molecule has 0 bridgehead atoms. The summed E-state index contributed by atoms with van der Waals surface area (Å²) in [4.78, 5) is 39.9. The molecule has 2 aliphatic heterocycles. The summed E-state index contributed by atoms with van der Waals surface area (Å²) < 4.78 is 13.0. The van der Waals surface area contributed by atoms with Crippen molar-refractivity contribution in [2.75, 3.05) is 50.7 Å². The number of carbonyl (C=O) groups is 2. The van der Waals surface area contributed by atoms with Gasteiger partial charge in [0.1, 0.15) is 5.82 Å². The summed E-state index contributed by atoms with van der Waals surface area (Å²) in [5, 5.41) is 2.94. The SMILES string of the molecule is O=C(NCc1ccc(F)cc1)C1CCN(CC(=O)N2CCN(c3ncccn3)CC2)CC1. The van der Waals surface area contributed by atoms with Crippen molar-refractivity contribution in [3.63, 3.8) is 0 Å². The van der Waals surface area contributed by atoms with Crippen LogP contribution in [0.15, 0.2) is 42.7 Å². The first-order valence-electron chi connectivity index (χ1n) is 11.1. The lowest BCUT2D eigenvalue weighted by atomic mass is 9.95. The van der Waals surface area contributed by atoms with Gasteiger partial charge in [-0.3, -0.25) is 14.5 Å². The van der Waals surface area contributed by atoms with Crippen LogP contribution < -0.4 is 10.2 Å². The highest BCUT2D eigenvalue weighted by Crippen LogP contribution is 2.18. The van der Waals surface area contributed by atoms with Crippen LogP contribution in [0.4, 0.5) is 10.3 Å². The fourth-order valence-corrected chi connectivity index (χ4v) is 4.19. The normalized spacial score (nSPS) is 17.9. The predicted octanol–water partition coefficient (Wildman–Crippen LogP) is 1.29. The molecule has 0 unspecified atom stereocenters. The molecule has 1 aromatic carbocycles. The van der Waals surface area contributed by atoms with Gasteiger partial charge in [-0.2, -0.15) is 0 Å². The lowest BCUT2D eigenvalue weighted by Gasteiger charge is -2.37. The third-order valence-electron chi connectivity index (χ3n) is 6.16. The zero-order chi connectivity index (χ0) is 22.3. The van der Waals surface area contributed by atoms with Crippen molar-refractivity contribution in [3.05, 3.63) is 54.1 Å². The number of nitrogens with one attached hydrogen (secondary N) is 1. The van der Waals surface area contributed by atoms with Crippen molar-refractivity contribution < 1.29 is 14.0 Å². The Labute approximate surface area is 187 Å². The van der Waals surface area contributed by atoms with E-state index in [0.717, 1.165) is 44.6 Å². The monoisotopic (exact) mass is 440 g/mol. The average molecular weight is 441 g/mol. The second-order valence-electron chi connectivity index (χ2n) is 8.31. The summed E-state index contributed by atoms with van der Waals surface area (Å²) in [5.41, 5.74) is 0.877. The van der Waals surface area contributed by atoms with Crippen LogP contribution in [0, 0.1) is 11.7 Å². The van der Waals surface area contributed by atoms with Gasteiger partial charge in [0.15, 0.2) is 0 Å². The van der Waals surface area contributed by atoms with Crippen LogP contribution in [0.1, 0.15) is 18.4 Å². The molecule has 2 aromatic rings. The third kappa shape index (κ3) is 5.79. The lowest BCUT2D eigenvalue weighted by Crippen LogP contribution is -2.52. The van der Waals surface area contributed by atoms with Gasteiger partial charge in [-0.1, -0.05) is 12.1 Å². The number of likely N-dealkylation sites (tertiary alicyclic amines) is 1. The highest BCUT2D eigenvalue weighted by molar-refractivity contribution is 5.79. The van der Waals surface area contributed by atoms with E-state index in [1.165, 1.54) is 12.1 Å². The van der Waals surface area contributed by atoms with Crippen LogP contribution >= 0.6 is 0 Å². The van der Waals surface area contributed by atoms with E-state index < -0.39 is 0 Å². The molecule has 32 heavy (non-hydrogen) atoms. The standard InChI is InChI=1S/C23H29FN6O2/c24-20-4-2-18(3-5-20)16-27-22(32)19-6-10-28(11-7-19)17-21(31)29-12-14-30(15-13-29)23-25-8-1-9-26-23/h1-5,8-9,19H,6-7,10-17H2,(H,27,32). The fourth-order valence-electron chi connectivity index (χ4n) is 4.19. The van der Waals surface area contributed by atoms with E-state index in [4.69, 9.17) is 0 Å². The summed E-state index contributed by atoms with van der Waals surface area (Å²) in [6, 6.07) is 7.94. The number of rotatable bonds is 6. The molecule has 2 aliphatic rings. The van der Waals surface area contributed by atoms with Crippen molar-refractivity contribution in [1.82, 2.24) is 25.1 Å². The molecular weight excluding hydrogens is 411 g/mol. The summed E-state index contributed by atoms with van der Waals surface area (Å²) in [6.07, 6.45) is 4.93. The molecule has 2 fully saturated rings. The Morgan fingerprint density at radius 2 is 1.62 bits per heavy atom. The molecule has 4 rings (SSSR count). The molecule has 9 heteroatoms. The fraction of sp³-hybridized carbons (Fsp3) is 0.478. The first-order valence-corrected chi connectivity index (χ1v) is 11.1. The molecular formula is C23H29FN6O2. The number of benzene rings is 1. The Hall–Kier alpha value is -3.07. The summed E-state index contributed by atoms with van der Waals surface area (Å²) >= 11 is 0. The number of piperazine rings is 1. The Balaban J connectivity index is 1.16. The van der Waals surface area contributed by atoms with Crippen molar-refractivity contribution in [2.45, 2.75) is 19.4 Å². The van der Waals surface area contributed by atoms with Gasteiger partial charge in [-0.25, -0.2) is 14.4 Å². The first kappa shape index (κ1) is 22.1. The average Bonchev–Trinajstić information content (AvgIpc) is 2.84. The molecule has 3 heterocycles. The van der Waals surface area contributed by atoms with Gasteiger partial charge in [0.2, 0.25) is 17.8 Å². The maximum atomic E-state index is 13.0. The second-order valence-corrected chi connectivity index (χ2v) is 8.31. The molecule has 0 saturated carbocycles. The van der Waals surface area contributed by atoms with Crippen LogP contribution in [0.25, 0.3) is 0 Å². The van der Waals surface area contributed by atoms with Crippen LogP contribution in [0.2, 0.25) is 0 Å². The highest BCUT2D eigenvalue weighted by Gasteiger charge is 2.28. The van der Waals surface area contributed by atoms with Crippen LogP contribution in [-0.2, 0) is 16.1 Å². The number of hydrogen-bond donors (Lipinski definition) is 1. The Morgan fingerprint density at radius 1 is 0.969 bits per heavy atom. The van der Waals surface area contributed by atoms with Gasteiger partial charge in [0, 0.05) is 51.0 Å². The number of carbonyl (C=O) groups excluding carboxylic acids is 2. The zero-order valence-corrected chi connectivity index (χ0v) is 18.1. The van der Waals surface area contributed by atoms with Crippen LogP contribution in [-0.4, -0.2) is 77.4 Å². The minimum atomic E-state index is -0.283. The van der Waals surface area contributed by atoms with Crippen molar-refractivity contribution in [1.29, 1.82) is 0 Å². The smallest absolute Gasteiger partial charge is 0.236 e. The van der Waals surface area contributed by atoms with E-state index >= 15 is 0 Å². The summed E-state index contributed by atoms with van der Waals surface area (Å²) in [5.74, 6) is 0.544. The van der Waals surface area contributed by atoms with Crippen molar-refractivity contribution >= 4 is 17.8 Å². The molecule has 2 saturated heterocycles. The summed E-state index contributed by atoms with van der Waals surface area (Å²) in [7, 11) is 0. The van der Waals surface area contributed by atoms with Gasteiger partial charge >= 0.3 is 0 Å². The number of halogens is 1. The number of anilines is 1. The largest absolute Gasteiger partial charge is 0.352 e. The topological polar surface area (TPSA) is 81.7 Å². The highest BCUT2D eigenvalue weighted by atomic mass is 19.1. The minimum absolute atomic E-state index is 0.0274. The van der Waals surface area contributed by atoms with Crippen molar-refractivity contribution in [2.24, 2.45) is 5.92 Å². The zero-order valence-electron chi connectivity index (χ0n) is 18.1. The number of piperidine rings is 1. The maximum absolute atomic E-state index is 13.0. The maximum Gasteiger partial charge on any atom is 0.236 e. The van der Waals surface area contributed by atoms with Crippen molar-refractivity contribution in [3.8, 4) is 0 Å². The van der Waals surface area contributed by atoms with Gasteiger partial charge in [-0.15, -0.1) is 0 Å². The van der Waals surface area contributed by atoms with E-state index in [9.17, 15) is 14.0 Å². The summed E-state index contributed by atoms with van der Waals surface area (Å²) in [6.45, 7) is 5.05. The van der Waals surface area contributed by atoms with Crippen LogP contribution in [0.3, 0.4) is 0 Å². The second kappa shape index (κ2) is 10.5. The van der Waals surface area contributed by atoms with Gasteiger partial charge < -0.3 is 15.1 Å². The van der Waals surface area contributed by atoms with E-state index in [-0.39, 0.29) is 23.5 Å². The molecule has 1 N–H and O–H groups in total. The molecule has 0 atom stereocenters. The molecule has 8 nitrogen and oxygen atoms in total. The van der Waals surface area contributed by atoms with E-state index in [2.05, 4.69) is 25.1 Å². The lowest BCUT2D eigenvalue weighted by molar-refractivity contribution is -0.133. The van der Waals surface area contributed by atoms with Gasteiger partial charge in [-0.05, 0) is 49.7 Å². The first-order chi connectivity index (χ1) is 15.6. The molecule has 0 radical (unpaired) electrons. The van der Waals surface area contributed by atoms with E-state index in [0.29, 0.717) is 32.1 Å². The molecule has 0 spiro atoms. The molecule has 170 valence electrons. The molecule has 2 amide bonds.